The SMILES string of the molecule is CC(=O)C(C#N)=Cc1cccc2c1-c1ccccc1C2=O. The van der Waals surface area contributed by atoms with E-state index in [9.17, 15) is 9.59 Å². The minimum absolute atomic E-state index is 0.0165. The van der Waals surface area contributed by atoms with Crippen LogP contribution in [-0.2, 0) is 4.79 Å². The molecule has 0 unspecified atom stereocenters. The molecule has 3 rings (SSSR count). The van der Waals surface area contributed by atoms with Crippen LogP contribution in [0.2, 0.25) is 0 Å². The Morgan fingerprint density at radius 1 is 1.05 bits per heavy atom. The van der Waals surface area contributed by atoms with Gasteiger partial charge in [-0.05, 0) is 24.1 Å². The molecule has 0 bridgehead atoms. The average molecular weight is 273 g/mol. The maximum atomic E-state index is 12.4. The van der Waals surface area contributed by atoms with Crippen molar-refractivity contribution in [3.05, 3.63) is 64.7 Å². The zero-order valence-corrected chi connectivity index (χ0v) is 11.4. The van der Waals surface area contributed by atoms with Crippen LogP contribution in [0.1, 0.15) is 28.4 Å². The average Bonchev–Trinajstić information content (AvgIpc) is 2.79. The van der Waals surface area contributed by atoms with Gasteiger partial charge in [0, 0.05) is 16.7 Å². The van der Waals surface area contributed by atoms with Crippen molar-refractivity contribution in [2.45, 2.75) is 6.92 Å². The number of nitrogens with zero attached hydrogens (tertiary/aromatic N) is 1. The van der Waals surface area contributed by atoms with E-state index < -0.39 is 0 Å². The second kappa shape index (κ2) is 4.84. The zero-order chi connectivity index (χ0) is 15.0. The fraction of sp³-hybridized carbons (Fsp3) is 0.0556. The molecule has 2 aromatic rings. The Kier molecular flexibility index (Phi) is 3.00. The molecule has 2 aromatic carbocycles. The Morgan fingerprint density at radius 3 is 2.38 bits per heavy atom. The Labute approximate surface area is 122 Å². The molecule has 0 amide bonds. The summed E-state index contributed by atoms with van der Waals surface area (Å²) in [6, 6.07) is 14.6. The number of hydrogen-bond donors (Lipinski definition) is 0. The molecule has 0 radical (unpaired) electrons. The highest BCUT2D eigenvalue weighted by Gasteiger charge is 2.27. The molecule has 0 N–H and O–H groups in total. The molecule has 0 saturated carbocycles. The van der Waals surface area contributed by atoms with Crippen molar-refractivity contribution in [3.63, 3.8) is 0 Å². The van der Waals surface area contributed by atoms with Gasteiger partial charge in [0.2, 0.25) is 0 Å². The van der Waals surface area contributed by atoms with Gasteiger partial charge in [-0.3, -0.25) is 9.59 Å². The molecule has 0 atom stereocenters. The van der Waals surface area contributed by atoms with Gasteiger partial charge in [0.05, 0.1) is 5.57 Å². The number of ketones is 2. The number of rotatable bonds is 2. The smallest absolute Gasteiger partial charge is 0.194 e. The zero-order valence-electron chi connectivity index (χ0n) is 11.4. The predicted molar refractivity (Wildman–Crippen MR) is 79.6 cm³/mol. The number of carbonyl (C=O) groups is 2. The van der Waals surface area contributed by atoms with Crippen LogP contribution in [-0.4, -0.2) is 11.6 Å². The fourth-order valence-corrected chi connectivity index (χ4v) is 2.59. The Hall–Kier alpha value is -2.99. The maximum Gasteiger partial charge on any atom is 0.194 e. The summed E-state index contributed by atoms with van der Waals surface area (Å²) >= 11 is 0. The van der Waals surface area contributed by atoms with Gasteiger partial charge in [0.15, 0.2) is 11.6 Å². The van der Waals surface area contributed by atoms with Crippen LogP contribution < -0.4 is 0 Å². The summed E-state index contributed by atoms with van der Waals surface area (Å²) in [5.74, 6) is -0.301. The predicted octanol–water partition coefficient (Wildman–Crippen LogP) is 3.39. The van der Waals surface area contributed by atoms with Gasteiger partial charge in [-0.2, -0.15) is 5.26 Å². The largest absolute Gasteiger partial charge is 0.294 e. The second-order valence-electron chi connectivity index (χ2n) is 4.87. The van der Waals surface area contributed by atoms with Crippen molar-refractivity contribution in [1.29, 1.82) is 5.26 Å². The number of nitriles is 1. The lowest BCUT2D eigenvalue weighted by atomic mass is 9.97. The fourth-order valence-electron chi connectivity index (χ4n) is 2.59. The van der Waals surface area contributed by atoms with Gasteiger partial charge in [-0.15, -0.1) is 0 Å². The summed E-state index contributed by atoms with van der Waals surface area (Å²) in [7, 11) is 0. The topological polar surface area (TPSA) is 57.9 Å². The van der Waals surface area contributed by atoms with E-state index in [4.69, 9.17) is 5.26 Å². The van der Waals surface area contributed by atoms with E-state index in [0.717, 1.165) is 16.7 Å². The lowest BCUT2D eigenvalue weighted by Crippen LogP contribution is -1.96. The Morgan fingerprint density at radius 2 is 1.71 bits per heavy atom. The highest BCUT2D eigenvalue weighted by molar-refractivity contribution is 6.23. The molecule has 0 fully saturated rings. The summed E-state index contributed by atoms with van der Waals surface area (Å²) in [6.07, 6.45) is 1.55. The molecular formula is C18H11NO2. The highest BCUT2D eigenvalue weighted by Crippen LogP contribution is 2.39. The molecule has 3 nitrogen and oxygen atoms in total. The second-order valence-corrected chi connectivity index (χ2v) is 4.87. The van der Waals surface area contributed by atoms with E-state index in [-0.39, 0.29) is 17.1 Å². The van der Waals surface area contributed by atoms with Crippen LogP contribution in [0.25, 0.3) is 17.2 Å². The van der Waals surface area contributed by atoms with Crippen LogP contribution in [0.15, 0.2) is 48.0 Å². The molecule has 3 heteroatoms. The molecule has 0 heterocycles. The van der Waals surface area contributed by atoms with Crippen molar-refractivity contribution in [3.8, 4) is 17.2 Å². The van der Waals surface area contributed by atoms with Crippen LogP contribution in [0, 0.1) is 11.3 Å². The Balaban J connectivity index is 2.29. The van der Waals surface area contributed by atoms with E-state index in [0.29, 0.717) is 11.1 Å². The van der Waals surface area contributed by atoms with E-state index in [1.807, 2.05) is 30.3 Å². The monoisotopic (exact) mass is 273 g/mol. The highest BCUT2D eigenvalue weighted by atomic mass is 16.1. The molecule has 1 aliphatic carbocycles. The molecule has 0 aromatic heterocycles. The molecule has 0 saturated heterocycles. The van der Waals surface area contributed by atoms with Gasteiger partial charge in [-0.1, -0.05) is 42.5 Å². The van der Waals surface area contributed by atoms with Gasteiger partial charge in [0.25, 0.3) is 0 Å². The third-order valence-electron chi connectivity index (χ3n) is 3.58. The molecule has 100 valence electrons. The number of benzene rings is 2. The molecule has 1 aliphatic rings. The lowest BCUT2D eigenvalue weighted by molar-refractivity contribution is -0.113. The van der Waals surface area contributed by atoms with E-state index >= 15 is 0 Å². The van der Waals surface area contributed by atoms with E-state index in [2.05, 4.69) is 0 Å². The van der Waals surface area contributed by atoms with Crippen molar-refractivity contribution < 1.29 is 9.59 Å². The summed E-state index contributed by atoms with van der Waals surface area (Å²) in [5, 5.41) is 9.05. The van der Waals surface area contributed by atoms with Crippen molar-refractivity contribution in [2.24, 2.45) is 0 Å². The van der Waals surface area contributed by atoms with Gasteiger partial charge in [0.1, 0.15) is 6.07 Å². The number of carbonyl (C=O) groups excluding carboxylic acids is 2. The summed E-state index contributed by atoms with van der Waals surface area (Å²) in [6.45, 7) is 1.36. The molecule has 21 heavy (non-hydrogen) atoms. The van der Waals surface area contributed by atoms with Crippen molar-refractivity contribution in [2.75, 3.05) is 0 Å². The first-order chi connectivity index (χ1) is 10.1. The van der Waals surface area contributed by atoms with Gasteiger partial charge >= 0.3 is 0 Å². The number of Topliss-reactive ketones (excluding diaryl/α,β-unsaturated/α-hetero) is 1. The minimum atomic E-state index is -0.285. The van der Waals surface area contributed by atoms with Crippen LogP contribution >= 0.6 is 0 Å². The normalized spacial score (nSPS) is 12.6. The Bertz CT molecular complexity index is 854. The first-order valence-electron chi connectivity index (χ1n) is 6.53. The van der Waals surface area contributed by atoms with Crippen molar-refractivity contribution >= 4 is 17.6 Å². The van der Waals surface area contributed by atoms with Crippen LogP contribution in [0.3, 0.4) is 0 Å². The minimum Gasteiger partial charge on any atom is -0.294 e. The third-order valence-corrected chi connectivity index (χ3v) is 3.58. The van der Waals surface area contributed by atoms with Gasteiger partial charge in [-0.25, -0.2) is 0 Å². The number of allylic oxidation sites excluding steroid dienone is 1. The van der Waals surface area contributed by atoms with Crippen molar-refractivity contribution in [1.82, 2.24) is 0 Å². The molecule has 0 aliphatic heterocycles. The molecular weight excluding hydrogens is 262 g/mol. The summed E-state index contributed by atoms with van der Waals surface area (Å²) in [4.78, 5) is 23.8. The van der Waals surface area contributed by atoms with E-state index in [1.165, 1.54) is 6.92 Å². The molecule has 0 spiro atoms. The van der Waals surface area contributed by atoms with Gasteiger partial charge < -0.3 is 0 Å². The summed E-state index contributed by atoms with van der Waals surface area (Å²) in [5.41, 5.74) is 3.73. The first kappa shape index (κ1) is 13.0. The van der Waals surface area contributed by atoms with E-state index in [1.54, 1.807) is 24.3 Å². The van der Waals surface area contributed by atoms with Crippen LogP contribution in [0.5, 0.6) is 0 Å². The standard InChI is InChI=1S/C18H11NO2/c1-11(20)13(10-19)9-12-5-4-8-16-17(12)14-6-2-3-7-15(14)18(16)21/h2-9H,1H3. The number of hydrogen-bond acceptors (Lipinski definition) is 3. The summed E-state index contributed by atoms with van der Waals surface area (Å²) < 4.78 is 0. The quantitative estimate of drug-likeness (QED) is 0.531. The third kappa shape index (κ3) is 1.98. The lowest BCUT2D eigenvalue weighted by Gasteiger charge is -2.05. The first-order valence-corrected chi connectivity index (χ1v) is 6.53. The van der Waals surface area contributed by atoms with Crippen LogP contribution in [0.4, 0.5) is 0 Å². The maximum absolute atomic E-state index is 12.4. The number of fused-ring (bicyclic) bond motifs is 3.